The number of para-hydroxylation sites is 1. The van der Waals surface area contributed by atoms with Crippen molar-refractivity contribution >= 4 is 48.9 Å². The molecule has 0 aliphatic rings. The third-order valence-electron chi connectivity index (χ3n) is 3.55. The highest BCUT2D eigenvalue weighted by Gasteiger charge is 2.16. The lowest BCUT2D eigenvalue weighted by atomic mass is 10.3. The van der Waals surface area contributed by atoms with E-state index in [1.165, 1.54) is 35.6 Å². The summed E-state index contributed by atoms with van der Waals surface area (Å²) in [5.41, 5.74) is 0.891. The van der Waals surface area contributed by atoms with E-state index in [-0.39, 0.29) is 23.0 Å². The number of fused-ring (bicyclic) bond motifs is 1. The van der Waals surface area contributed by atoms with Crippen molar-refractivity contribution in [3.63, 3.8) is 0 Å². The molecule has 5 nitrogen and oxygen atoms in total. The SMILES string of the molecule is O=C(CCS(=O)(=O)c1ccc(Cl)cc1)NCc1nc2ccccc2s1. The van der Waals surface area contributed by atoms with Crippen molar-refractivity contribution in [2.75, 3.05) is 5.75 Å². The van der Waals surface area contributed by atoms with Crippen LogP contribution in [0.25, 0.3) is 10.2 Å². The van der Waals surface area contributed by atoms with Gasteiger partial charge >= 0.3 is 0 Å². The smallest absolute Gasteiger partial charge is 0.221 e. The fourth-order valence-corrected chi connectivity index (χ4v) is 4.52. The summed E-state index contributed by atoms with van der Waals surface area (Å²) in [6.07, 6.45) is -0.101. The van der Waals surface area contributed by atoms with E-state index in [0.717, 1.165) is 15.2 Å². The average Bonchev–Trinajstić information content (AvgIpc) is 3.01. The molecule has 8 heteroatoms. The Labute approximate surface area is 154 Å². The van der Waals surface area contributed by atoms with E-state index < -0.39 is 9.84 Å². The molecule has 0 saturated carbocycles. The number of halogens is 1. The molecule has 3 rings (SSSR count). The van der Waals surface area contributed by atoms with E-state index in [1.54, 1.807) is 0 Å². The second kappa shape index (κ2) is 7.51. The quantitative estimate of drug-likeness (QED) is 0.694. The molecule has 0 spiro atoms. The van der Waals surface area contributed by atoms with Crippen LogP contribution >= 0.6 is 22.9 Å². The molecule has 0 radical (unpaired) electrons. The Balaban J connectivity index is 1.54. The Morgan fingerprint density at radius 2 is 1.84 bits per heavy atom. The monoisotopic (exact) mass is 394 g/mol. The normalized spacial score (nSPS) is 11.6. The summed E-state index contributed by atoms with van der Waals surface area (Å²) < 4.78 is 25.5. The predicted molar refractivity (Wildman–Crippen MR) is 99.6 cm³/mol. The second-order valence-electron chi connectivity index (χ2n) is 5.37. The lowest BCUT2D eigenvalue weighted by Gasteiger charge is -2.05. The first-order chi connectivity index (χ1) is 11.9. The maximum absolute atomic E-state index is 12.2. The van der Waals surface area contributed by atoms with E-state index in [4.69, 9.17) is 11.6 Å². The van der Waals surface area contributed by atoms with Crippen LogP contribution in [0.4, 0.5) is 0 Å². The molecule has 0 bridgehead atoms. The van der Waals surface area contributed by atoms with Crippen LogP contribution in [0.5, 0.6) is 0 Å². The van der Waals surface area contributed by atoms with E-state index >= 15 is 0 Å². The summed E-state index contributed by atoms with van der Waals surface area (Å²) in [4.78, 5) is 16.5. The fraction of sp³-hybridized carbons (Fsp3) is 0.176. The van der Waals surface area contributed by atoms with Crippen molar-refractivity contribution in [1.82, 2.24) is 10.3 Å². The standard InChI is InChI=1S/C17H15ClN2O3S2/c18-12-5-7-13(8-6-12)25(22,23)10-9-16(21)19-11-17-20-14-3-1-2-4-15(14)24-17/h1-8H,9-11H2,(H,19,21). The summed E-state index contributed by atoms with van der Waals surface area (Å²) in [6.45, 7) is 0.291. The Hall–Kier alpha value is -1.96. The zero-order chi connectivity index (χ0) is 17.9. The maximum Gasteiger partial charge on any atom is 0.221 e. The molecular formula is C17H15ClN2O3S2. The molecular weight excluding hydrogens is 380 g/mol. The number of benzene rings is 2. The molecule has 2 aromatic carbocycles. The topological polar surface area (TPSA) is 76.1 Å². The van der Waals surface area contributed by atoms with Crippen molar-refractivity contribution < 1.29 is 13.2 Å². The number of sulfone groups is 1. The van der Waals surface area contributed by atoms with Gasteiger partial charge in [0.2, 0.25) is 5.91 Å². The number of nitrogens with zero attached hydrogens (tertiary/aromatic N) is 1. The lowest BCUT2D eigenvalue weighted by Crippen LogP contribution is -2.25. The number of hydrogen-bond acceptors (Lipinski definition) is 5. The summed E-state index contributed by atoms with van der Waals surface area (Å²) >= 11 is 7.26. The van der Waals surface area contributed by atoms with Crippen LogP contribution in [0.15, 0.2) is 53.4 Å². The number of amides is 1. The molecule has 0 unspecified atom stereocenters. The van der Waals surface area contributed by atoms with Gasteiger partial charge in [-0.05, 0) is 36.4 Å². The number of rotatable bonds is 6. The van der Waals surface area contributed by atoms with Crippen LogP contribution in [0.1, 0.15) is 11.4 Å². The Morgan fingerprint density at radius 3 is 2.56 bits per heavy atom. The minimum atomic E-state index is -3.51. The molecule has 1 heterocycles. The molecule has 1 N–H and O–H groups in total. The number of nitrogens with one attached hydrogen (secondary N) is 1. The van der Waals surface area contributed by atoms with Gasteiger partial charge in [0.1, 0.15) is 5.01 Å². The number of carbonyl (C=O) groups excluding carboxylic acids is 1. The van der Waals surface area contributed by atoms with Crippen molar-refractivity contribution in [2.45, 2.75) is 17.9 Å². The van der Waals surface area contributed by atoms with Gasteiger partial charge in [0.25, 0.3) is 0 Å². The van der Waals surface area contributed by atoms with E-state index in [0.29, 0.717) is 11.6 Å². The maximum atomic E-state index is 12.2. The molecule has 0 atom stereocenters. The Bertz CT molecular complexity index is 965. The molecule has 25 heavy (non-hydrogen) atoms. The average molecular weight is 395 g/mol. The van der Waals surface area contributed by atoms with Gasteiger partial charge in [0.05, 0.1) is 27.4 Å². The van der Waals surface area contributed by atoms with E-state index in [2.05, 4.69) is 10.3 Å². The largest absolute Gasteiger partial charge is 0.350 e. The fourth-order valence-electron chi connectivity index (χ4n) is 2.24. The zero-order valence-electron chi connectivity index (χ0n) is 13.1. The minimum Gasteiger partial charge on any atom is -0.350 e. The number of thiazole rings is 1. The molecule has 0 fully saturated rings. The molecule has 0 aliphatic carbocycles. The van der Waals surface area contributed by atoms with Crippen LogP contribution in [0.3, 0.4) is 0 Å². The van der Waals surface area contributed by atoms with Gasteiger partial charge in [-0.25, -0.2) is 13.4 Å². The first-order valence-electron chi connectivity index (χ1n) is 7.53. The molecule has 0 aliphatic heterocycles. The second-order valence-corrected chi connectivity index (χ2v) is 9.04. The summed E-state index contributed by atoms with van der Waals surface area (Å²) in [6, 6.07) is 13.6. The third kappa shape index (κ3) is 4.56. The Kier molecular flexibility index (Phi) is 5.36. The summed E-state index contributed by atoms with van der Waals surface area (Å²) in [5.74, 6) is -0.572. The van der Waals surface area contributed by atoms with Gasteiger partial charge in [-0.2, -0.15) is 0 Å². The number of carbonyl (C=O) groups is 1. The summed E-state index contributed by atoms with van der Waals surface area (Å²) in [5, 5.41) is 3.97. The van der Waals surface area contributed by atoms with Crippen LogP contribution in [0.2, 0.25) is 5.02 Å². The van der Waals surface area contributed by atoms with Crippen molar-refractivity contribution in [1.29, 1.82) is 0 Å². The lowest BCUT2D eigenvalue weighted by molar-refractivity contribution is -0.120. The van der Waals surface area contributed by atoms with Gasteiger partial charge in [0.15, 0.2) is 9.84 Å². The van der Waals surface area contributed by atoms with Crippen LogP contribution in [-0.4, -0.2) is 25.1 Å². The van der Waals surface area contributed by atoms with Crippen LogP contribution in [-0.2, 0) is 21.2 Å². The Morgan fingerprint density at radius 1 is 1.12 bits per heavy atom. The third-order valence-corrected chi connectivity index (χ3v) is 6.57. The minimum absolute atomic E-state index is 0.101. The highest BCUT2D eigenvalue weighted by Crippen LogP contribution is 2.21. The molecule has 3 aromatic rings. The first kappa shape index (κ1) is 17.8. The van der Waals surface area contributed by atoms with Crippen molar-refractivity contribution in [3.05, 3.63) is 58.6 Å². The van der Waals surface area contributed by atoms with Crippen LogP contribution in [0, 0.1) is 0 Å². The first-order valence-corrected chi connectivity index (χ1v) is 10.4. The van der Waals surface area contributed by atoms with Gasteiger partial charge in [-0.3, -0.25) is 4.79 Å². The van der Waals surface area contributed by atoms with Crippen molar-refractivity contribution in [2.24, 2.45) is 0 Å². The molecule has 0 saturated heterocycles. The number of hydrogen-bond donors (Lipinski definition) is 1. The number of aromatic nitrogens is 1. The predicted octanol–water partition coefficient (Wildman–Crippen LogP) is 3.43. The molecule has 1 amide bonds. The summed E-state index contributed by atoms with van der Waals surface area (Å²) in [7, 11) is -3.51. The van der Waals surface area contributed by atoms with E-state index in [9.17, 15) is 13.2 Å². The van der Waals surface area contributed by atoms with Gasteiger partial charge in [-0.1, -0.05) is 23.7 Å². The van der Waals surface area contributed by atoms with Crippen molar-refractivity contribution in [3.8, 4) is 0 Å². The van der Waals surface area contributed by atoms with E-state index in [1.807, 2.05) is 24.3 Å². The zero-order valence-corrected chi connectivity index (χ0v) is 15.5. The highest BCUT2D eigenvalue weighted by molar-refractivity contribution is 7.91. The highest BCUT2D eigenvalue weighted by atomic mass is 35.5. The molecule has 1 aromatic heterocycles. The van der Waals surface area contributed by atoms with Crippen LogP contribution < -0.4 is 5.32 Å². The van der Waals surface area contributed by atoms with Gasteiger partial charge < -0.3 is 5.32 Å². The molecule has 130 valence electrons. The van der Waals surface area contributed by atoms with Gasteiger partial charge in [0, 0.05) is 11.4 Å². The van der Waals surface area contributed by atoms with Gasteiger partial charge in [-0.15, -0.1) is 11.3 Å².